The highest BCUT2D eigenvalue weighted by molar-refractivity contribution is 7.80. The van der Waals surface area contributed by atoms with E-state index in [1.54, 1.807) is 6.07 Å². The van der Waals surface area contributed by atoms with E-state index in [2.05, 4.69) is 17.3 Å². The van der Waals surface area contributed by atoms with Crippen molar-refractivity contribution in [1.29, 1.82) is 0 Å². The number of nitrogens with one attached hydrogen (secondary N) is 1. The minimum atomic E-state index is -0.158. The van der Waals surface area contributed by atoms with Crippen LogP contribution in [0.1, 0.15) is 70.5 Å². The Bertz CT molecular complexity index is 772. The molecule has 0 atom stereocenters. The van der Waals surface area contributed by atoms with Crippen molar-refractivity contribution in [1.82, 2.24) is 9.66 Å². The Morgan fingerprint density at radius 3 is 2.35 bits per heavy atom. The van der Waals surface area contributed by atoms with Crippen molar-refractivity contribution < 1.29 is 0 Å². The van der Waals surface area contributed by atoms with E-state index in [-0.39, 0.29) is 10.7 Å². The number of fused-ring (bicyclic) bond motifs is 1. The molecule has 0 saturated heterocycles. The number of hydrogen-bond acceptors (Lipinski definition) is 3. The molecule has 0 unspecified atom stereocenters. The smallest absolute Gasteiger partial charge is 0.280 e. The molecule has 2 aromatic rings. The summed E-state index contributed by atoms with van der Waals surface area (Å²) in [4.78, 5) is 17.3. The molecule has 0 aliphatic carbocycles. The van der Waals surface area contributed by atoms with Gasteiger partial charge in [-0.15, -0.1) is 0 Å². The molecule has 1 aromatic heterocycles. The normalized spacial score (nSPS) is 11.0. The van der Waals surface area contributed by atoms with Gasteiger partial charge in [-0.2, -0.15) is 0 Å². The first-order valence-corrected chi connectivity index (χ1v) is 10.1. The third-order valence-electron chi connectivity index (χ3n) is 4.57. The van der Waals surface area contributed by atoms with Crippen LogP contribution in [-0.4, -0.2) is 14.8 Å². The summed E-state index contributed by atoms with van der Waals surface area (Å²) in [7, 11) is 0. The Morgan fingerprint density at radius 2 is 1.69 bits per heavy atom. The number of nitrogens with two attached hydrogens (primary N) is 1. The first-order valence-electron chi connectivity index (χ1n) is 9.70. The van der Waals surface area contributed by atoms with Crippen molar-refractivity contribution in [3.05, 3.63) is 40.4 Å². The molecular weight excluding hydrogens is 344 g/mol. The lowest BCUT2D eigenvalue weighted by Gasteiger charge is -2.14. The Labute approximate surface area is 161 Å². The molecular formula is C20H30N4OS. The van der Waals surface area contributed by atoms with Gasteiger partial charge in [0.2, 0.25) is 0 Å². The zero-order chi connectivity index (χ0) is 18.8. The molecule has 2 rings (SSSR count). The Balaban J connectivity index is 1.93. The first kappa shape index (κ1) is 20.4. The molecule has 0 amide bonds. The maximum absolute atomic E-state index is 12.7. The molecule has 1 aromatic carbocycles. The molecule has 1 heterocycles. The van der Waals surface area contributed by atoms with Crippen LogP contribution < -0.4 is 16.7 Å². The molecule has 0 spiro atoms. The third kappa shape index (κ3) is 6.09. The van der Waals surface area contributed by atoms with E-state index in [9.17, 15) is 4.79 Å². The van der Waals surface area contributed by atoms with E-state index < -0.39 is 0 Å². The second-order valence-electron chi connectivity index (χ2n) is 6.74. The van der Waals surface area contributed by atoms with Gasteiger partial charge in [0.25, 0.3) is 5.56 Å². The number of nitrogens with zero attached hydrogens (tertiary/aromatic N) is 2. The van der Waals surface area contributed by atoms with Crippen LogP contribution in [0, 0.1) is 0 Å². The molecule has 0 aliphatic rings. The number of aryl methyl sites for hydroxylation is 1. The van der Waals surface area contributed by atoms with Crippen LogP contribution in [0.15, 0.2) is 29.1 Å². The average molecular weight is 375 g/mol. The number of para-hydroxylation sites is 1. The molecule has 26 heavy (non-hydrogen) atoms. The highest BCUT2D eigenvalue weighted by Gasteiger charge is 2.11. The van der Waals surface area contributed by atoms with Gasteiger partial charge >= 0.3 is 0 Å². The second kappa shape index (κ2) is 10.9. The van der Waals surface area contributed by atoms with Gasteiger partial charge in [0.15, 0.2) is 5.11 Å². The van der Waals surface area contributed by atoms with Gasteiger partial charge in [-0.1, -0.05) is 70.4 Å². The molecule has 0 bridgehead atoms. The van der Waals surface area contributed by atoms with Crippen LogP contribution in [0.3, 0.4) is 0 Å². The van der Waals surface area contributed by atoms with Crippen molar-refractivity contribution in [2.75, 3.05) is 5.43 Å². The van der Waals surface area contributed by atoms with E-state index in [1.165, 1.54) is 49.6 Å². The summed E-state index contributed by atoms with van der Waals surface area (Å²) in [6.07, 6.45) is 12.0. The monoisotopic (exact) mass is 374 g/mol. The fourth-order valence-corrected chi connectivity index (χ4v) is 3.26. The van der Waals surface area contributed by atoms with Crippen LogP contribution >= 0.6 is 12.2 Å². The third-order valence-corrected chi connectivity index (χ3v) is 4.66. The van der Waals surface area contributed by atoms with Crippen molar-refractivity contribution >= 4 is 28.2 Å². The maximum atomic E-state index is 12.7. The molecule has 5 nitrogen and oxygen atoms in total. The van der Waals surface area contributed by atoms with Gasteiger partial charge in [0.1, 0.15) is 5.82 Å². The molecule has 142 valence electrons. The van der Waals surface area contributed by atoms with Crippen molar-refractivity contribution in [2.45, 2.75) is 71.1 Å². The number of hydrogen-bond donors (Lipinski definition) is 2. The van der Waals surface area contributed by atoms with Gasteiger partial charge in [-0.05, 0) is 30.8 Å². The van der Waals surface area contributed by atoms with Gasteiger partial charge in [-0.25, -0.2) is 9.66 Å². The van der Waals surface area contributed by atoms with Crippen molar-refractivity contribution in [3.63, 3.8) is 0 Å². The lowest BCUT2D eigenvalue weighted by Crippen LogP contribution is -2.38. The highest BCUT2D eigenvalue weighted by Crippen LogP contribution is 2.12. The van der Waals surface area contributed by atoms with E-state index in [1.807, 2.05) is 18.2 Å². The summed E-state index contributed by atoms with van der Waals surface area (Å²) in [6, 6.07) is 7.35. The van der Waals surface area contributed by atoms with Crippen molar-refractivity contribution in [3.8, 4) is 0 Å². The topological polar surface area (TPSA) is 72.9 Å². The lowest BCUT2D eigenvalue weighted by molar-refractivity contribution is 0.559. The van der Waals surface area contributed by atoms with Crippen LogP contribution in [0.2, 0.25) is 0 Å². The number of benzene rings is 1. The number of thiocarbonyl (C=S) groups is 1. The standard InChI is InChI=1S/C20H30N4OS/c1-2-3-4-5-6-7-8-9-10-15-18-22-17-14-12-11-13-16(17)19(25)24(18)23-20(21)26/h11-14H,2-10,15H2,1H3,(H3,21,23,26). The minimum absolute atomic E-state index is 0.0671. The van der Waals surface area contributed by atoms with E-state index >= 15 is 0 Å². The largest absolute Gasteiger partial charge is 0.375 e. The summed E-state index contributed by atoms with van der Waals surface area (Å²) in [6.45, 7) is 2.24. The zero-order valence-electron chi connectivity index (χ0n) is 15.7. The summed E-state index contributed by atoms with van der Waals surface area (Å²) in [5.74, 6) is 0.685. The highest BCUT2D eigenvalue weighted by atomic mass is 32.1. The first-order chi connectivity index (χ1) is 12.6. The number of rotatable bonds is 11. The summed E-state index contributed by atoms with van der Waals surface area (Å²) < 4.78 is 1.40. The van der Waals surface area contributed by atoms with Crippen molar-refractivity contribution in [2.24, 2.45) is 5.73 Å². The Kier molecular flexibility index (Phi) is 8.54. The second-order valence-corrected chi connectivity index (χ2v) is 7.18. The van der Waals surface area contributed by atoms with E-state index in [4.69, 9.17) is 18.0 Å². The fraction of sp³-hybridized carbons (Fsp3) is 0.550. The number of aromatic nitrogens is 2. The predicted molar refractivity (Wildman–Crippen MR) is 113 cm³/mol. The van der Waals surface area contributed by atoms with Crippen LogP contribution in [0.4, 0.5) is 0 Å². The van der Waals surface area contributed by atoms with Crippen LogP contribution in [0.25, 0.3) is 10.9 Å². The lowest BCUT2D eigenvalue weighted by atomic mass is 10.1. The maximum Gasteiger partial charge on any atom is 0.280 e. The summed E-state index contributed by atoms with van der Waals surface area (Å²) >= 11 is 4.91. The summed E-state index contributed by atoms with van der Waals surface area (Å²) in [5.41, 5.74) is 8.90. The predicted octanol–water partition coefficient (Wildman–Crippen LogP) is 4.26. The molecule has 0 fully saturated rings. The van der Waals surface area contributed by atoms with Gasteiger partial charge in [0.05, 0.1) is 10.9 Å². The fourth-order valence-electron chi connectivity index (χ4n) is 3.17. The SMILES string of the molecule is CCCCCCCCCCCc1nc2ccccc2c(=O)n1NC(N)=S. The Hall–Kier alpha value is -1.95. The minimum Gasteiger partial charge on any atom is -0.375 e. The van der Waals surface area contributed by atoms with Gasteiger partial charge < -0.3 is 5.73 Å². The quantitative estimate of drug-likeness (QED) is 0.454. The van der Waals surface area contributed by atoms with E-state index in [0.717, 1.165) is 19.3 Å². The average Bonchev–Trinajstić information content (AvgIpc) is 2.63. The molecule has 6 heteroatoms. The van der Waals surface area contributed by atoms with E-state index in [0.29, 0.717) is 16.7 Å². The Morgan fingerprint density at radius 1 is 1.08 bits per heavy atom. The van der Waals surface area contributed by atoms with Gasteiger partial charge in [-0.3, -0.25) is 10.2 Å². The van der Waals surface area contributed by atoms with Crippen LogP contribution in [-0.2, 0) is 6.42 Å². The molecule has 0 aliphatic heterocycles. The molecule has 0 saturated carbocycles. The van der Waals surface area contributed by atoms with Gasteiger partial charge in [0, 0.05) is 6.42 Å². The molecule has 0 radical (unpaired) electrons. The molecule has 3 N–H and O–H groups in total. The summed E-state index contributed by atoms with van der Waals surface area (Å²) in [5, 5.41) is 0.629. The zero-order valence-corrected chi connectivity index (χ0v) is 16.5. The van der Waals surface area contributed by atoms with Crippen LogP contribution in [0.5, 0.6) is 0 Å². The number of unbranched alkanes of at least 4 members (excludes halogenated alkanes) is 8.